The molecule has 0 aromatic heterocycles. The van der Waals surface area contributed by atoms with Crippen molar-refractivity contribution in [1.29, 1.82) is 0 Å². The molecule has 0 atom stereocenters. The molecule has 1 N–H and O–H groups in total. The number of alkyl halides is 3. The van der Waals surface area contributed by atoms with E-state index in [-0.39, 0.29) is 0 Å². The molecule has 1 aromatic rings. The quantitative estimate of drug-likeness (QED) is 0.877. The van der Waals surface area contributed by atoms with Crippen LogP contribution in [0.3, 0.4) is 0 Å². The molecule has 0 heterocycles. The van der Waals surface area contributed by atoms with Crippen LogP contribution in [-0.2, 0) is 21.0 Å². The Kier molecular flexibility index (Phi) is 5.47. The second-order valence-electron chi connectivity index (χ2n) is 4.68. The molecule has 0 aliphatic heterocycles. The van der Waals surface area contributed by atoms with E-state index in [2.05, 4.69) is 0 Å². The average molecular weight is 360 g/mol. The summed E-state index contributed by atoms with van der Waals surface area (Å²) in [7, 11) is -4.34. The molecule has 1 aromatic carbocycles. The lowest BCUT2D eigenvalue weighted by atomic mass is 10.2. The van der Waals surface area contributed by atoms with E-state index < -0.39 is 50.2 Å². The van der Waals surface area contributed by atoms with Gasteiger partial charge in [0, 0.05) is 6.04 Å². The van der Waals surface area contributed by atoms with Crippen LogP contribution in [0.1, 0.15) is 19.4 Å². The van der Waals surface area contributed by atoms with Crippen molar-refractivity contribution in [3.05, 3.63) is 28.8 Å². The van der Waals surface area contributed by atoms with E-state index in [4.69, 9.17) is 16.7 Å². The van der Waals surface area contributed by atoms with Crippen molar-refractivity contribution < 1.29 is 31.5 Å². The van der Waals surface area contributed by atoms with Crippen molar-refractivity contribution in [1.82, 2.24) is 4.31 Å². The maximum absolute atomic E-state index is 12.6. The lowest BCUT2D eigenvalue weighted by molar-refractivity contribution is -0.138. The first-order valence-corrected chi connectivity index (χ1v) is 7.79. The molecular formula is C12H13ClF3NO4S. The number of hydrogen-bond acceptors (Lipinski definition) is 3. The van der Waals surface area contributed by atoms with Crippen LogP contribution in [-0.4, -0.2) is 36.4 Å². The molecule has 10 heteroatoms. The number of hydrogen-bond donors (Lipinski definition) is 1. The van der Waals surface area contributed by atoms with Gasteiger partial charge in [-0.15, -0.1) is 0 Å². The van der Waals surface area contributed by atoms with Crippen LogP contribution >= 0.6 is 11.6 Å². The minimum atomic E-state index is -4.66. The minimum absolute atomic E-state index is 0.494. The van der Waals surface area contributed by atoms with Gasteiger partial charge in [-0.1, -0.05) is 11.6 Å². The smallest absolute Gasteiger partial charge is 0.416 e. The number of nitrogens with zero attached hydrogens (tertiary/aromatic N) is 1. The van der Waals surface area contributed by atoms with E-state index in [1.165, 1.54) is 13.8 Å². The molecule has 0 radical (unpaired) electrons. The van der Waals surface area contributed by atoms with E-state index in [1.54, 1.807) is 0 Å². The fourth-order valence-electron chi connectivity index (χ4n) is 1.69. The highest BCUT2D eigenvalue weighted by molar-refractivity contribution is 7.89. The SMILES string of the molecule is CC(C)N(CC(=O)O)S(=O)(=O)c1ccc(C(F)(F)F)cc1Cl. The van der Waals surface area contributed by atoms with Gasteiger partial charge in [-0.25, -0.2) is 8.42 Å². The molecule has 1 rings (SSSR count). The largest absolute Gasteiger partial charge is 0.480 e. The zero-order valence-electron chi connectivity index (χ0n) is 11.6. The van der Waals surface area contributed by atoms with Crippen LogP contribution in [0.5, 0.6) is 0 Å². The van der Waals surface area contributed by atoms with E-state index in [0.717, 1.165) is 6.07 Å². The molecule has 0 saturated carbocycles. The van der Waals surface area contributed by atoms with Gasteiger partial charge in [-0.05, 0) is 32.0 Å². The van der Waals surface area contributed by atoms with Crippen molar-refractivity contribution in [2.75, 3.05) is 6.54 Å². The molecule has 0 fully saturated rings. The number of carboxylic acid groups (broad SMARTS) is 1. The number of carbonyl (C=O) groups is 1. The fourth-order valence-corrected chi connectivity index (χ4v) is 3.80. The number of benzene rings is 1. The highest BCUT2D eigenvalue weighted by atomic mass is 35.5. The number of sulfonamides is 1. The second kappa shape index (κ2) is 6.43. The van der Waals surface area contributed by atoms with Crippen LogP contribution in [0.15, 0.2) is 23.1 Å². The van der Waals surface area contributed by atoms with Gasteiger partial charge in [0.1, 0.15) is 11.4 Å². The molecular weight excluding hydrogens is 347 g/mol. The summed E-state index contributed by atoms with van der Waals surface area (Å²) in [6.45, 7) is 2.06. The zero-order chi connectivity index (χ0) is 17.3. The summed E-state index contributed by atoms with van der Waals surface area (Å²) >= 11 is 5.65. The summed E-state index contributed by atoms with van der Waals surface area (Å²) in [4.78, 5) is 10.2. The lowest BCUT2D eigenvalue weighted by Gasteiger charge is -2.24. The van der Waals surface area contributed by atoms with Crippen molar-refractivity contribution in [2.45, 2.75) is 31.0 Å². The summed E-state index contributed by atoms with van der Waals surface area (Å²) in [6.07, 6.45) is -4.66. The molecule has 0 saturated heterocycles. The lowest BCUT2D eigenvalue weighted by Crippen LogP contribution is -2.40. The van der Waals surface area contributed by atoms with Gasteiger partial charge in [-0.2, -0.15) is 17.5 Å². The topological polar surface area (TPSA) is 74.7 Å². The summed E-state index contributed by atoms with van der Waals surface area (Å²) in [6, 6.07) is 1.09. The summed E-state index contributed by atoms with van der Waals surface area (Å²) in [5, 5.41) is 8.16. The molecule has 0 aliphatic rings. The molecule has 0 aliphatic carbocycles. The minimum Gasteiger partial charge on any atom is -0.480 e. The zero-order valence-corrected chi connectivity index (χ0v) is 13.1. The Morgan fingerprint density at radius 2 is 1.91 bits per heavy atom. The first-order chi connectivity index (χ1) is 9.87. The Balaban J connectivity index is 3.36. The van der Waals surface area contributed by atoms with Crippen LogP contribution in [0.2, 0.25) is 5.02 Å². The first kappa shape index (κ1) is 18.7. The number of aliphatic carboxylic acids is 1. The molecule has 124 valence electrons. The maximum atomic E-state index is 12.6. The highest BCUT2D eigenvalue weighted by Gasteiger charge is 2.34. The van der Waals surface area contributed by atoms with Gasteiger partial charge in [0.25, 0.3) is 0 Å². The normalized spacial score (nSPS) is 12.9. The first-order valence-electron chi connectivity index (χ1n) is 5.97. The van der Waals surface area contributed by atoms with Gasteiger partial charge in [0.15, 0.2) is 0 Å². The molecule has 5 nitrogen and oxygen atoms in total. The van der Waals surface area contributed by atoms with Gasteiger partial charge in [0.2, 0.25) is 10.0 Å². The molecule has 22 heavy (non-hydrogen) atoms. The van der Waals surface area contributed by atoms with E-state index in [0.29, 0.717) is 16.4 Å². The second-order valence-corrected chi connectivity index (χ2v) is 6.95. The Labute approximate surface area is 130 Å². The van der Waals surface area contributed by atoms with E-state index >= 15 is 0 Å². The molecule has 0 unspecified atom stereocenters. The van der Waals surface area contributed by atoms with Crippen LogP contribution in [0.4, 0.5) is 13.2 Å². The third kappa shape index (κ3) is 4.11. The van der Waals surface area contributed by atoms with Gasteiger partial charge < -0.3 is 5.11 Å². The number of carboxylic acids is 1. The van der Waals surface area contributed by atoms with Gasteiger partial charge in [-0.3, -0.25) is 4.79 Å². The van der Waals surface area contributed by atoms with Crippen LogP contribution in [0, 0.1) is 0 Å². The molecule has 0 bridgehead atoms. The predicted molar refractivity (Wildman–Crippen MR) is 73.1 cm³/mol. The summed E-state index contributed by atoms with van der Waals surface area (Å²) in [5.74, 6) is -1.39. The van der Waals surface area contributed by atoms with Gasteiger partial charge in [0.05, 0.1) is 10.6 Å². The molecule has 0 spiro atoms. The fraction of sp³-hybridized carbons (Fsp3) is 0.417. The predicted octanol–water partition coefficient (Wildman–Crippen LogP) is 2.84. The Bertz CT molecular complexity index is 673. The Morgan fingerprint density at radius 3 is 2.27 bits per heavy atom. The van der Waals surface area contributed by atoms with Gasteiger partial charge >= 0.3 is 12.1 Å². The highest BCUT2D eigenvalue weighted by Crippen LogP contribution is 2.34. The average Bonchev–Trinajstić information content (AvgIpc) is 2.33. The van der Waals surface area contributed by atoms with Crippen LogP contribution in [0.25, 0.3) is 0 Å². The standard InChI is InChI=1S/C12H13ClF3NO4S/c1-7(2)17(6-11(18)19)22(20,21)10-4-3-8(5-9(10)13)12(14,15)16/h3-5,7H,6H2,1-2H3,(H,18,19). The van der Waals surface area contributed by atoms with E-state index in [1.807, 2.05) is 0 Å². The monoisotopic (exact) mass is 359 g/mol. The summed E-state index contributed by atoms with van der Waals surface area (Å²) < 4.78 is 63.1. The van der Waals surface area contributed by atoms with Crippen LogP contribution < -0.4 is 0 Å². The number of rotatable bonds is 5. The van der Waals surface area contributed by atoms with Crippen molar-refractivity contribution in [2.24, 2.45) is 0 Å². The van der Waals surface area contributed by atoms with Crippen molar-refractivity contribution in [3.63, 3.8) is 0 Å². The maximum Gasteiger partial charge on any atom is 0.416 e. The molecule has 0 amide bonds. The Morgan fingerprint density at radius 1 is 1.36 bits per heavy atom. The van der Waals surface area contributed by atoms with Crippen molar-refractivity contribution >= 4 is 27.6 Å². The third-order valence-corrected chi connectivity index (χ3v) is 5.22. The van der Waals surface area contributed by atoms with E-state index in [9.17, 15) is 26.4 Å². The summed E-state index contributed by atoms with van der Waals surface area (Å²) in [5.41, 5.74) is -1.09. The Hall–Kier alpha value is -1.32. The number of halogens is 4. The third-order valence-electron chi connectivity index (χ3n) is 2.71. The van der Waals surface area contributed by atoms with Crippen molar-refractivity contribution in [3.8, 4) is 0 Å².